The second-order valence-corrected chi connectivity index (χ2v) is 7.04. The van der Waals surface area contributed by atoms with Gasteiger partial charge in [0, 0.05) is 50.0 Å². The van der Waals surface area contributed by atoms with Crippen molar-refractivity contribution in [3.8, 4) is 11.4 Å². The van der Waals surface area contributed by atoms with Gasteiger partial charge in [-0.05, 0) is 19.8 Å². The Bertz CT molecular complexity index is 773. The molecule has 1 amide bonds. The van der Waals surface area contributed by atoms with Crippen LogP contribution in [0.2, 0.25) is 0 Å². The van der Waals surface area contributed by atoms with E-state index in [1.54, 1.807) is 0 Å². The number of piperazine rings is 1. The molecular formula is C20H25N5O. The van der Waals surface area contributed by atoms with Crippen molar-refractivity contribution < 1.29 is 4.79 Å². The number of anilines is 1. The Hall–Kier alpha value is -2.47. The summed E-state index contributed by atoms with van der Waals surface area (Å²) in [5, 5.41) is 3.38. The quantitative estimate of drug-likeness (QED) is 0.914. The normalized spacial score (nSPS) is 20.4. The third-order valence-corrected chi connectivity index (χ3v) is 5.09. The molecule has 2 aliphatic rings. The summed E-state index contributed by atoms with van der Waals surface area (Å²) in [6.07, 6.45) is 2.24. The predicted molar refractivity (Wildman–Crippen MR) is 102 cm³/mol. The van der Waals surface area contributed by atoms with Crippen LogP contribution in [0.1, 0.15) is 18.5 Å². The van der Waals surface area contributed by atoms with Crippen molar-refractivity contribution in [2.75, 3.05) is 37.6 Å². The molecule has 0 spiro atoms. The average molecular weight is 351 g/mol. The molecule has 1 aromatic carbocycles. The third-order valence-electron chi connectivity index (χ3n) is 5.09. The molecule has 3 heterocycles. The fraction of sp³-hybridized carbons (Fsp3) is 0.450. The van der Waals surface area contributed by atoms with E-state index in [-0.39, 0.29) is 11.9 Å². The van der Waals surface area contributed by atoms with E-state index < -0.39 is 0 Å². The first-order chi connectivity index (χ1) is 12.7. The molecule has 136 valence electrons. The minimum Gasteiger partial charge on any atom is -0.353 e. The number of likely N-dealkylation sites (tertiary alicyclic amines) is 1. The highest BCUT2D eigenvalue weighted by atomic mass is 16.2. The Morgan fingerprint density at radius 1 is 1.12 bits per heavy atom. The smallest absolute Gasteiger partial charge is 0.241 e. The number of nitrogens with one attached hydrogen (secondary N) is 1. The molecule has 26 heavy (non-hydrogen) atoms. The molecular weight excluding hydrogens is 326 g/mol. The number of amides is 1. The molecule has 0 saturated carbocycles. The van der Waals surface area contributed by atoms with Crippen molar-refractivity contribution in [3.63, 3.8) is 0 Å². The fourth-order valence-corrected chi connectivity index (χ4v) is 3.71. The summed E-state index contributed by atoms with van der Waals surface area (Å²) < 4.78 is 0. The molecule has 1 N–H and O–H groups in total. The SMILES string of the molecule is Cc1cc(N2CCNC(C(=O)N3CCCC3)C2)nc(-c2ccccc2)n1. The molecule has 4 rings (SSSR count). The Morgan fingerprint density at radius 3 is 2.65 bits per heavy atom. The molecule has 2 saturated heterocycles. The van der Waals surface area contributed by atoms with Crippen molar-refractivity contribution in [3.05, 3.63) is 42.1 Å². The zero-order valence-electron chi connectivity index (χ0n) is 15.2. The number of hydrogen-bond donors (Lipinski definition) is 1. The van der Waals surface area contributed by atoms with E-state index in [0.717, 1.165) is 61.9 Å². The van der Waals surface area contributed by atoms with Crippen LogP contribution in [0.3, 0.4) is 0 Å². The third kappa shape index (κ3) is 3.55. The van der Waals surface area contributed by atoms with Crippen molar-refractivity contribution in [2.24, 2.45) is 0 Å². The van der Waals surface area contributed by atoms with Gasteiger partial charge in [0.25, 0.3) is 0 Å². The van der Waals surface area contributed by atoms with Gasteiger partial charge in [-0.3, -0.25) is 4.79 Å². The number of hydrogen-bond acceptors (Lipinski definition) is 5. The van der Waals surface area contributed by atoms with Crippen LogP contribution in [0.15, 0.2) is 36.4 Å². The Morgan fingerprint density at radius 2 is 1.88 bits per heavy atom. The summed E-state index contributed by atoms with van der Waals surface area (Å²) in [7, 11) is 0. The van der Waals surface area contributed by atoms with Gasteiger partial charge < -0.3 is 15.1 Å². The molecule has 1 unspecified atom stereocenters. The lowest BCUT2D eigenvalue weighted by molar-refractivity contribution is -0.132. The number of aryl methyl sites for hydroxylation is 1. The highest BCUT2D eigenvalue weighted by Crippen LogP contribution is 2.21. The Balaban J connectivity index is 1.55. The average Bonchev–Trinajstić information content (AvgIpc) is 3.22. The fourth-order valence-electron chi connectivity index (χ4n) is 3.71. The van der Waals surface area contributed by atoms with Gasteiger partial charge in [0.15, 0.2) is 5.82 Å². The number of aromatic nitrogens is 2. The molecule has 0 radical (unpaired) electrons. The first-order valence-corrected chi connectivity index (χ1v) is 9.39. The molecule has 2 aliphatic heterocycles. The van der Waals surface area contributed by atoms with Crippen LogP contribution < -0.4 is 10.2 Å². The van der Waals surface area contributed by atoms with E-state index >= 15 is 0 Å². The number of nitrogens with zero attached hydrogens (tertiary/aromatic N) is 4. The molecule has 6 nitrogen and oxygen atoms in total. The first-order valence-electron chi connectivity index (χ1n) is 9.39. The lowest BCUT2D eigenvalue weighted by Crippen LogP contribution is -2.57. The van der Waals surface area contributed by atoms with Gasteiger partial charge in [-0.25, -0.2) is 9.97 Å². The maximum Gasteiger partial charge on any atom is 0.241 e. The van der Waals surface area contributed by atoms with Crippen LogP contribution in [0.4, 0.5) is 5.82 Å². The standard InChI is InChI=1S/C20H25N5O/c1-15-13-18(23-19(22-15)16-7-3-2-4-8-16)25-12-9-21-17(14-25)20(26)24-10-5-6-11-24/h2-4,7-8,13,17,21H,5-6,9-12,14H2,1H3. The van der Waals surface area contributed by atoms with Crippen molar-refractivity contribution in [1.82, 2.24) is 20.2 Å². The summed E-state index contributed by atoms with van der Waals surface area (Å²) >= 11 is 0. The number of carbonyl (C=O) groups excluding carboxylic acids is 1. The van der Waals surface area contributed by atoms with Gasteiger partial charge in [-0.1, -0.05) is 30.3 Å². The number of benzene rings is 1. The van der Waals surface area contributed by atoms with Gasteiger partial charge in [0.05, 0.1) is 0 Å². The maximum atomic E-state index is 12.7. The van der Waals surface area contributed by atoms with E-state index in [1.165, 1.54) is 0 Å². The number of carbonyl (C=O) groups is 1. The second-order valence-electron chi connectivity index (χ2n) is 7.04. The van der Waals surface area contributed by atoms with Crippen molar-refractivity contribution in [1.29, 1.82) is 0 Å². The molecule has 0 bridgehead atoms. The molecule has 6 heteroatoms. The van der Waals surface area contributed by atoms with Crippen molar-refractivity contribution >= 4 is 11.7 Å². The second kappa shape index (κ2) is 7.41. The minimum absolute atomic E-state index is 0.155. The largest absolute Gasteiger partial charge is 0.353 e. The highest BCUT2D eigenvalue weighted by molar-refractivity contribution is 5.83. The zero-order valence-corrected chi connectivity index (χ0v) is 15.2. The van der Waals surface area contributed by atoms with E-state index in [2.05, 4.69) is 15.2 Å². The van der Waals surface area contributed by atoms with Crippen molar-refractivity contribution in [2.45, 2.75) is 25.8 Å². The minimum atomic E-state index is -0.155. The lowest BCUT2D eigenvalue weighted by atomic mass is 10.1. The van der Waals surface area contributed by atoms with Gasteiger partial charge in [-0.2, -0.15) is 0 Å². The predicted octanol–water partition coefficient (Wildman–Crippen LogP) is 1.85. The summed E-state index contributed by atoms with van der Waals surface area (Å²) in [6, 6.07) is 11.9. The maximum absolute atomic E-state index is 12.7. The summed E-state index contributed by atoms with van der Waals surface area (Å²) in [5.74, 6) is 1.86. The monoisotopic (exact) mass is 351 g/mol. The first kappa shape index (κ1) is 17.0. The van der Waals surface area contributed by atoms with E-state index in [4.69, 9.17) is 4.98 Å². The van der Waals surface area contributed by atoms with Crippen LogP contribution in [0, 0.1) is 6.92 Å². The Kier molecular flexibility index (Phi) is 4.84. The van der Waals surface area contributed by atoms with Gasteiger partial charge in [0.2, 0.25) is 5.91 Å². The van der Waals surface area contributed by atoms with Crippen LogP contribution in [-0.2, 0) is 4.79 Å². The summed E-state index contributed by atoms with van der Waals surface area (Å²) in [5.41, 5.74) is 1.95. The van der Waals surface area contributed by atoms with E-state index in [1.807, 2.05) is 48.2 Å². The van der Waals surface area contributed by atoms with E-state index in [9.17, 15) is 4.79 Å². The van der Waals surface area contributed by atoms with Gasteiger partial charge in [0.1, 0.15) is 11.9 Å². The molecule has 2 fully saturated rings. The Labute approximate surface area is 154 Å². The molecule has 0 aliphatic carbocycles. The zero-order chi connectivity index (χ0) is 17.9. The van der Waals surface area contributed by atoms with Gasteiger partial charge >= 0.3 is 0 Å². The molecule has 1 atom stereocenters. The number of rotatable bonds is 3. The van der Waals surface area contributed by atoms with Crippen LogP contribution in [0.5, 0.6) is 0 Å². The summed E-state index contributed by atoms with van der Waals surface area (Å²) in [6.45, 7) is 6.05. The summed E-state index contributed by atoms with van der Waals surface area (Å²) in [4.78, 5) is 26.3. The molecule has 2 aromatic rings. The van der Waals surface area contributed by atoms with Crippen LogP contribution in [0.25, 0.3) is 11.4 Å². The molecule has 1 aromatic heterocycles. The lowest BCUT2D eigenvalue weighted by Gasteiger charge is -2.35. The van der Waals surface area contributed by atoms with Crippen LogP contribution >= 0.6 is 0 Å². The van der Waals surface area contributed by atoms with E-state index in [0.29, 0.717) is 6.54 Å². The highest BCUT2D eigenvalue weighted by Gasteiger charge is 2.30. The van der Waals surface area contributed by atoms with Crippen LogP contribution in [-0.4, -0.2) is 59.5 Å². The topological polar surface area (TPSA) is 61.4 Å². The van der Waals surface area contributed by atoms with Gasteiger partial charge in [-0.15, -0.1) is 0 Å².